The number of amides is 2. The quantitative estimate of drug-likeness (QED) is 0.490. The summed E-state index contributed by atoms with van der Waals surface area (Å²) < 4.78 is 38.0. The molecule has 2 aliphatic rings. The highest BCUT2D eigenvalue weighted by atomic mass is 32.2. The van der Waals surface area contributed by atoms with Crippen molar-refractivity contribution in [1.29, 1.82) is 0 Å². The minimum absolute atomic E-state index is 0.0295. The largest absolute Gasteiger partial charge is 0.490 e. The van der Waals surface area contributed by atoms with E-state index in [2.05, 4.69) is 5.32 Å². The monoisotopic (exact) mass is 595 g/mol. The SMILES string of the molecule is C[C@H](CO)N1C[C@H](C)[C@H](CN(C)S(C)(=O)=O)OCCCC[C@H](C)Oc2ccc(NC(=O)C3CCCCC3)cc2C1=O. The number of carbonyl (C=O) groups excluding carboxylic acids is 2. The number of hydrogen-bond donors (Lipinski definition) is 2. The van der Waals surface area contributed by atoms with Crippen molar-refractivity contribution in [3.8, 4) is 5.75 Å². The first-order valence-electron chi connectivity index (χ1n) is 15.0. The standard InChI is InChI=1S/C30H49N3O7S/c1-21-18-33(22(2)20-34)30(36)26-17-25(31-29(35)24-12-7-6-8-13-24)14-15-27(26)40-23(3)11-9-10-16-39-28(21)19-32(4)41(5,37)38/h14-15,17,21-24,28,34H,6-13,16,18-20H2,1-5H3,(H,31,35)/t21-,22+,23-,28-/m0/s1. The van der Waals surface area contributed by atoms with Crippen molar-refractivity contribution in [2.75, 3.05) is 44.9 Å². The van der Waals surface area contributed by atoms with E-state index in [-0.39, 0.29) is 49.5 Å². The van der Waals surface area contributed by atoms with Crippen LogP contribution in [0.25, 0.3) is 0 Å². The molecule has 4 atom stereocenters. The predicted molar refractivity (Wildman–Crippen MR) is 160 cm³/mol. The van der Waals surface area contributed by atoms with E-state index >= 15 is 0 Å². The molecule has 0 radical (unpaired) electrons. The molecule has 1 aliphatic heterocycles. The minimum Gasteiger partial charge on any atom is -0.490 e. The van der Waals surface area contributed by atoms with Crippen molar-refractivity contribution in [2.24, 2.45) is 11.8 Å². The molecule has 0 bridgehead atoms. The number of likely N-dealkylation sites (N-methyl/N-ethyl adjacent to an activating group) is 1. The number of hydrogen-bond acceptors (Lipinski definition) is 7. The Morgan fingerprint density at radius 2 is 1.83 bits per heavy atom. The number of rotatable bonds is 7. The van der Waals surface area contributed by atoms with Crippen LogP contribution in [0.3, 0.4) is 0 Å². The third-order valence-electron chi connectivity index (χ3n) is 8.30. The van der Waals surface area contributed by atoms with E-state index in [1.165, 1.54) is 11.4 Å². The van der Waals surface area contributed by atoms with Gasteiger partial charge in [0.15, 0.2) is 0 Å². The van der Waals surface area contributed by atoms with Gasteiger partial charge in [0.2, 0.25) is 15.9 Å². The second-order valence-corrected chi connectivity index (χ2v) is 14.0. The van der Waals surface area contributed by atoms with Gasteiger partial charge in [-0.15, -0.1) is 0 Å². The predicted octanol–water partition coefficient (Wildman–Crippen LogP) is 3.89. The van der Waals surface area contributed by atoms with Crippen molar-refractivity contribution in [2.45, 2.75) is 90.4 Å². The lowest BCUT2D eigenvalue weighted by atomic mass is 9.88. The van der Waals surface area contributed by atoms with Crippen molar-refractivity contribution in [1.82, 2.24) is 9.21 Å². The molecular weight excluding hydrogens is 546 g/mol. The fraction of sp³-hybridized carbons (Fsp3) is 0.733. The lowest BCUT2D eigenvalue weighted by Crippen LogP contribution is -2.47. The molecule has 41 heavy (non-hydrogen) atoms. The molecular formula is C30H49N3O7S. The molecule has 1 fully saturated rings. The normalized spacial score (nSPS) is 24.7. The fourth-order valence-electron chi connectivity index (χ4n) is 5.46. The molecule has 1 heterocycles. The molecule has 10 nitrogen and oxygen atoms in total. The number of sulfonamides is 1. The maximum atomic E-state index is 14.2. The molecule has 0 saturated heterocycles. The van der Waals surface area contributed by atoms with E-state index in [4.69, 9.17) is 9.47 Å². The zero-order valence-electron chi connectivity index (χ0n) is 25.3. The minimum atomic E-state index is -3.42. The molecule has 1 saturated carbocycles. The van der Waals surface area contributed by atoms with Crippen LogP contribution in [0.4, 0.5) is 5.69 Å². The second-order valence-electron chi connectivity index (χ2n) is 11.9. The number of anilines is 1. The molecule has 232 valence electrons. The maximum absolute atomic E-state index is 14.2. The second kappa shape index (κ2) is 15.3. The first kappa shape index (κ1) is 33.3. The Hall–Kier alpha value is -2.21. The van der Waals surface area contributed by atoms with Crippen LogP contribution in [0.2, 0.25) is 0 Å². The fourth-order valence-corrected chi connectivity index (χ4v) is 5.88. The number of carbonyl (C=O) groups is 2. The van der Waals surface area contributed by atoms with Gasteiger partial charge in [-0.25, -0.2) is 12.7 Å². The maximum Gasteiger partial charge on any atom is 0.258 e. The highest BCUT2D eigenvalue weighted by Gasteiger charge is 2.31. The summed E-state index contributed by atoms with van der Waals surface area (Å²) in [7, 11) is -1.90. The summed E-state index contributed by atoms with van der Waals surface area (Å²) in [6.07, 6.45) is 7.90. The van der Waals surface area contributed by atoms with Crippen LogP contribution in [-0.2, 0) is 19.6 Å². The van der Waals surface area contributed by atoms with E-state index in [0.717, 1.165) is 57.6 Å². The third-order valence-corrected chi connectivity index (χ3v) is 9.58. The van der Waals surface area contributed by atoms with Crippen LogP contribution in [0.15, 0.2) is 18.2 Å². The van der Waals surface area contributed by atoms with E-state index in [1.807, 2.05) is 13.8 Å². The van der Waals surface area contributed by atoms with Crippen molar-refractivity contribution in [3.05, 3.63) is 23.8 Å². The molecule has 1 aliphatic carbocycles. The zero-order valence-corrected chi connectivity index (χ0v) is 26.1. The highest BCUT2D eigenvalue weighted by Crippen LogP contribution is 2.30. The van der Waals surface area contributed by atoms with Gasteiger partial charge in [-0.3, -0.25) is 9.59 Å². The van der Waals surface area contributed by atoms with E-state index in [1.54, 1.807) is 30.0 Å². The summed E-state index contributed by atoms with van der Waals surface area (Å²) in [5, 5.41) is 13.1. The highest BCUT2D eigenvalue weighted by molar-refractivity contribution is 7.88. The van der Waals surface area contributed by atoms with Crippen LogP contribution in [0.1, 0.15) is 82.5 Å². The van der Waals surface area contributed by atoms with Gasteiger partial charge >= 0.3 is 0 Å². The number of nitrogens with zero attached hydrogens (tertiary/aromatic N) is 2. The summed E-state index contributed by atoms with van der Waals surface area (Å²) in [4.78, 5) is 28.7. The Bertz CT molecular complexity index is 1120. The van der Waals surface area contributed by atoms with Crippen molar-refractivity contribution in [3.63, 3.8) is 0 Å². The summed E-state index contributed by atoms with van der Waals surface area (Å²) in [6, 6.07) is 4.67. The Morgan fingerprint density at radius 3 is 2.49 bits per heavy atom. The first-order valence-corrected chi connectivity index (χ1v) is 16.8. The Labute approximate surface area is 245 Å². The molecule has 11 heteroatoms. The van der Waals surface area contributed by atoms with Gasteiger partial charge in [0.25, 0.3) is 5.91 Å². The van der Waals surface area contributed by atoms with Crippen LogP contribution in [-0.4, -0.2) is 92.4 Å². The Balaban J connectivity index is 1.95. The topological polar surface area (TPSA) is 125 Å². The van der Waals surface area contributed by atoms with E-state index < -0.39 is 22.2 Å². The summed E-state index contributed by atoms with van der Waals surface area (Å²) in [6.45, 7) is 6.25. The molecule has 0 unspecified atom stereocenters. The third kappa shape index (κ3) is 9.66. The van der Waals surface area contributed by atoms with Crippen molar-refractivity contribution >= 4 is 27.5 Å². The van der Waals surface area contributed by atoms with Gasteiger partial charge in [0.05, 0.1) is 36.7 Å². The van der Waals surface area contributed by atoms with Crippen LogP contribution >= 0.6 is 0 Å². The average Bonchev–Trinajstić information content (AvgIpc) is 2.94. The molecule has 2 amide bonds. The molecule has 0 spiro atoms. The van der Waals surface area contributed by atoms with Gasteiger partial charge < -0.3 is 24.8 Å². The first-order chi connectivity index (χ1) is 19.4. The van der Waals surface area contributed by atoms with Gasteiger partial charge in [-0.05, 0) is 64.2 Å². The van der Waals surface area contributed by atoms with Gasteiger partial charge in [-0.2, -0.15) is 0 Å². The smallest absolute Gasteiger partial charge is 0.258 e. The molecule has 1 aromatic carbocycles. The number of aliphatic hydroxyl groups is 1. The molecule has 1 aromatic rings. The number of nitrogens with one attached hydrogen (secondary N) is 1. The number of aliphatic hydroxyl groups excluding tert-OH is 1. The Morgan fingerprint density at radius 1 is 1.15 bits per heavy atom. The number of ether oxygens (including phenoxy) is 2. The molecule has 0 aromatic heterocycles. The van der Waals surface area contributed by atoms with E-state index in [9.17, 15) is 23.1 Å². The summed E-state index contributed by atoms with van der Waals surface area (Å²) in [5.41, 5.74) is 0.847. The summed E-state index contributed by atoms with van der Waals surface area (Å²) >= 11 is 0. The average molecular weight is 596 g/mol. The van der Waals surface area contributed by atoms with Crippen LogP contribution in [0, 0.1) is 11.8 Å². The Kier molecular flexibility index (Phi) is 12.4. The summed E-state index contributed by atoms with van der Waals surface area (Å²) in [5.74, 6) is -0.198. The van der Waals surface area contributed by atoms with Crippen LogP contribution in [0.5, 0.6) is 5.75 Å². The number of benzene rings is 1. The molecule has 2 N–H and O–H groups in total. The van der Waals surface area contributed by atoms with E-state index in [0.29, 0.717) is 23.6 Å². The lowest BCUT2D eigenvalue weighted by molar-refractivity contribution is -0.120. The zero-order chi connectivity index (χ0) is 30.2. The van der Waals surface area contributed by atoms with Gasteiger partial charge in [0.1, 0.15) is 5.75 Å². The van der Waals surface area contributed by atoms with Crippen LogP contribution < -0.4 is 10.1 Å². The van der Waals surface area contributed by atoms with Crippen molar-refractivity contribution < 1.29 is 32.6 Å². The molecule has 3 rings (SSSR count). The van der Waals surface area contributed by atoms with Gasteiger partial charge in [-0.1, -0.05) is 26.2 Å². The van der Waals surface area contributed by atoms with Gasteiger partial charge in [0, 0.05) is 44.3 Å². The lowest BCUT2D eigenvalue weighted by Gasteiger charge is -2.35. The number of fused-ring (bicyclic) bond motifs is 1.